The van der Waals surface area contributed by atoms with Crippen molar-refractivity contribution in [3.63, 3.8) is 0 Å². The highest BCUT2D eigenvalue weighted by atomic mass is 32.2. The van der Waals surface area contributed by atoms with Crippen molar-refractivity contribution in [3.05, 3.63) is 65.5 Å². The van der Waals surface area contributed by atoms with Crippen molar-refractivity contribution >= 4 is 40.3 Å². The summed E-state index contributed by atoms with van der Waals surface area (Å²) < 4.78 is 29.8. The molecular weight excluding hydrogens is 506 g/mol. The van der Waals surface area contributed by atoms with Crippen LogP contribution in [0.4, 0.5) is 26.1 Å². The van der Waals surface area contributed by atoms with Gasteiger partial charge in [0.15, 0.2) is 11.6 Å². The highest BCUT2D eigenvalue weighted by molar-refractivity contribution is 7.97. The van der Waals surface area contributed by atoms with Gasteiger partial charge in [0.05, 0.1) is 6.54 Å². The second-order valence-corrected chi connectivity index (χ2v) is 11.6. The quantitative estimate of drug-likeness (QED) is 0.312. The van der Waals surface area contributed by atoms with Gasteiger partial charge in [-0.1, -0.05) is 62.4 Å². The molecular formula is C27H32F2N8S. The predicted octanol–water partition coefficient (Wildman–Crippen LogP) is 5.30. The van der Waals surface area contributed by atoms with Crippen LogP contribution in [0, 0.1) is 0 Å². The van der Waals surface area contributed by atoms with Gasteiger partial charge in [-0.25, -0.2) is 18.7 Å². The van der Waals surface area contributed by atoms with Gasteiger partial charge in [-0.15, -0.1) is 5.10 Å². The average molecular weight is 539 g/mol. The summed E-state index contributed by atoms with van der Waals surface area (Å²) in [7, 11) is 0. The Morgan fingerprint density at radius 3 is 2.53 bits per heavy atom. The molecule has 1 aliphatic rings. The normalized spacial score (nSPS) is 15.3. The molecule has 3 N–H and O–H groups in total. The lowest BCUT2D eigenvalue weighted by molar-refractivity contribution is 0.0257. The first-order chi connectivity index (χ1) is 18.1. The Bertz CT molecular complexity index is 1430. The number of halogens is 2. The molecule has 1 saturated heterocycles. The van der Waals surface area contributed by atoms with Gasteiger partial charge in [0.2, 0.25) is 0 Å². The van der Waals surface area contributed by atoms with Crippen LogP contribution in [0.25, 0.3) is 11.0 Å². The first-order valence-electron chi connectivity index (χ1n) is 12.7. The van der Waals surface area contributed by atoms with E-state index in [1.54, 1.807) is 16.8 Å². The van der Waals surface area contributed by atoms with E-state index in [1.807, 2.05) is 61.3 Å². The van der Waals surface area contributed by atoms with Crippen LogP contribution in [-0.2, 0) is 18.4 Å². The second kappa shape index (κ2) is 10.4. The first-order valence-corrected chi connectivity index (χ1v) is 13.6. The van der Waals surface area contributed by atoms with Gasteiger partial charge in [0.1, 0.15) is 22.5 Å². The lowest BCUT2D eigenvalue weighted by Crippen LogP contribution is -2.28. The number of benzene rings is 2. The number of fused-ring (bicyclic) bond motifs is 1. The third-order valence-electron chi connectivity index (χ3n) is 6.54. The Hall–Kier alpha value is -3.47. The topological polar surface area (TPSA) is 97.8 Å². The molecule has 2 aromatic heterocycles. The Labute approximate surface area is 225 Å². The van der Waals surface area contributed by atoms with Gasteiger partial charge in [-0.05, 0) is 41.6 Å². The Morgan fingerprint density at radius 2 is 1.79 bits per heavy atom. The van der Waals surface area contributed by atoms with E-state index in [2.05, 4.69) is 32.7 Å². The van der Waals surface area contributed by atoms with Crippen LogP contribution in [0.2, 0.25) is 0 Å². The molecule has 3 heterocycles. The molecule has 5 rings (SSSR count). The minimum Gasteiger partial charge on any atom is -0.393 e. The molecule has 0 atom stereocenters. The molecule has 2 aromatic carbocycles. The number of aromatic nitrogens is 5. The van der Waals surface area contributed by atoms with Gasteiger partial charge in [-0.3, -0.25) is 0 Å². The monoisotopic (exact) mass is 538 g/mol. The molecule has 4 aromatic rings. The average Bonchev–Trinajstić information content (AvgIpc) is 3.46. The highest BCUT2D eigenvalue weighted by Crippen LogP contribution is 2.36. The van der Waals surface area contributed by atoms with Gasteiger partial charge in [0.25, 0.3) is 5.92 Å². The number of nitrogens with one attached hydrogen (secondary N) is 1. The Balaban J connectivity index is 1.32. The minimum atomic E-state index is -2.75. The molecule has 0 amide bonds. The summed E-state index contributed by atoms with van der Waals surface area (Å²) >= 11 is 1.61. The number of nitrogen functional groups attached to an aromatic ring is 1. The molecule has 0 radical (unpaired) electrons. The largest absolute Gasteiger partial charge is 0.393 e. The smallest absolute Gasteiger partial charge is 0.266 e. The maximum absolute atomic E-state index is 14.0. The molecule has 0 saturated carbocycles. The summed E-state index contributed by atoms with van der Waals surface area (Å²) in [5.74, 6) is -0.531. The molecule has 0 bridgehead atoms. The number of nitrogens with two attached hydrogens (primary N) is 1. The second-order valence-electron chi connectivity index (χ2n) is 10.6. The highest BCUT2D eigenvalue weighted by Gasteiger charge is 2.40. The zero-order valence-electron chi connectivity index (χ0n) is 21.8. The van der Waals surface area contributed by atoms with Crippen molar-refractivity contribution in [2.45, 2.75) is 51.5 Å². The number of alkyl halides is 2. The lowest BCUT2D eigenvalue weighted by Gasteiger charge is -2.25. The third kappa shape index (κ3) is 5.67. The maximum Gasteiger partial charge on any atom is 0.266 e. The summed E-state index contributed by atoms with van der Waals surface area (Å²) in [6, 6.07) is 16.1. The van der Waals surface area contributed by atoms with Crippen molar-refractivity contribution in [2.75, 3.05) is 34.8 Å². The van der Waals surface area contributed by atoms with Crippen LogP contribution in [0.5, 0.6) is 0 Å². The number of hydrogen-bond acceptors (Lipinski definition) is 8. The van der Waals surface area contributed by atoms with Crippen molar-refractivity contribution in [1.82, 2.24) is 24.4 Å². The predicted molar refractivity (Wildman–Crippen MR) is 150 cm³/mol. The third-order valence-corrected chi connectivity index (χ3v) is 7.44. The Kier molecular flexibility index (Phi) is 7.13. The molecule has 1 fully saturated rings. The number of anilines is 3. The summed E-state index contributed by atoms with van der Waals surface area (Å²) in [5.41, 5.74) is 10.5. The molecule has 8 nitrogen and oxygen atoms in total. The van der Waals surface area contributed by atoms with E-state index in [4.69, 9.17) is 10.7 Å². The van der Waals surface area contributed by atoms with Crippen molar-refractivity contribution in [3.8, 4) is 0 Å². The Morgan fingerprint density at radius 1 is 1.05 bits per heavy atom. The zero-order chi connectivity index (χ0) is 26.9. The summed E-state index contributed by atoms with van der Waals surface area (Å²) in [6.45, 7) is 6.30. The first kappa shape index (κ1) is 26.1. The van der Waals surface area contributed by atoms with Gasteiger partial charge in [0, 0.05) is 30.7 Å². The van der Waals surface area contributed by atoms with E-state index >= 15 is 0 Å². The molecule has 0 spiro atoms. The molecule has 11 heteroatoms. The standard InChI is InChI=1S/C27H32F2N8S/c1-26(2,3)25-32-23(22(30)24(33-25)36-14-13-27(28,29)17-36)31-16-19-9-5-4-8-18(19)12-15-38-37-21-11-7-6-10-20(21)34-35-37/h4-11H,12-17,30H2,1-3H3,(H,31,32,33). The van der Waals surface area contributed by atoms with Crippen LogP contribution in [-0.4, -0.2) is 49.1 Å². The van der Waals surface area contributed by atoms with E-state index in [-0.39, 0.29) is 18.4 Å². The molecule has 1 aliphatic heterocycles. The number of para-hydroxylation sites is 1. The summed E-state index contributed by atoms with van der Waals surface area (Å²) in [4.78, 5) is 10.9. The van der Waals surface area contributed by atoms with Crippen LogP contribution < -0.4 is 16.0 Å². The van der Waals surface area contributed by atoms with Gasteiger partial charge in [-0.2, -0.15) is 4.09 Å². The molecule has 0 aliphatic carbocycles. The fourth-order valence-electron chi connectivity index (χ4n) is 4.42. The molecule has 0 unspecified atom stereocenters. The van der Waals surface area contributed by atoms with E-state index in [0.29, 0.717) is 29.7 Å². The van der Waals surface area contributed by atoms with Crippen LogP contribution >= 0.6 is 11.9 Å². The summed E-state index contributed by atoms with van der Waals surface area (Å²) in [6.07, 6.45) is 0.622. The lowest BCUT2D eigenvalue weighted by atomic mass is 9.95. The fraction of sp³-hybridized carbons (Fsp3) is 0.407. The molecule has 200 valence electrons. The maximum atomic E-state index is 14.0. The number of hydrogen-bond donors (Lipinski definition) is 2. The van der Waals surface area contributed by atoms with Crippen molar-refractivity contribution in [1.29, 1.82) is 0 Å². The van der Waals surface area contributed by atoms with E-state index in [9.17, 15) is 8.78 Å². The van der Waals surface area contributed by atoms with E-state index < -0.39 is 12.5 Å². The van der Waals surface area contributed by atoms with Gasteiger partial charge >= 0.3 is 0 Å². The zero-order valence-corrected chi connectivity index (χ0v) is 22.6. The van der Waals surface area contributed by atoms with Crippen molar-refractivity contribution in [2.24, 2.45) is 0 Å². The SMILES string of the molecule is CC(C)(C)c1nc(NCc2ccccc2CCSn2nnc3ccccc32)c(N)c(N2CCC(F)(F)C2)n1. The van der Waals surface area contributed by atoms with E-state index in [1.165, 1.54) is 5.56 Å². The summed E-state index contributed by atoms with van der Waals surface area (Å²) in [5, 5.41) is 11.8. The number of rotatable bonds is 8. The van der Waals surface area contributed by atoms with Crippen LogP contribution in [0.15, 0.2) is 48.5 Å². The van der Waals surface area contributed by atoms with Gasteiger partial charge < -0.3 is 16.0 Å². The van der Waals surface area contributed by atoms with Crippen LogP contribution in [0.1, 0.15) is 44.1 Å². The van der Waals surface area contributed by atoms with Crippen molar-refractivity contribution < 1.29 is 8.78 Å². The van der Waals surface area contributed by atoms with Crippen LogP contribution in [0.3, 0.4) is 0 Å². The van der Waals surface area contributed by atoms with E-state index in [0.717, 1.165) is 28.8 Å². The number of aryl methyl sites for hydroxylation is 1. The number of nitrogens with zero attached hydrogens (tertiary/aromatic N) is 6. The molecule has 38 heavy (non-hydrogen) atoms. The fourth-order valence-corrected chi connectivity index (χ4v) is 5.29. The minimum absolute atomic E-state index is 0.207.